The van der Waals surface area contributed by atoms with Crippen molar-refractivity contribution in [3.05, 3.63) is 64.1 Å². The molecule has 0 atom stereocenters. The van der Waals surface area contributed by atoms with Crippen molar-refractivity contribution in [3.63, 3.8) is 0 Å². The Balaban J connectivity index is 1.56. The average Bonchev–Trinajstić information content (AvgIpc) is 3.12. The molecule has 1 aliphatic heterocycles. The highest BCUT2D eigenvalue weighted by Crippen LogP contribution is 2.29. The lowest BCUT2D eigenvalue weighted by atomic mass is 10.2. The molecule has 6 nitrogen and oxygen atoms in total. The second-order valence-corrected chi connectivity index (χ2v) is 7.16. The minimum Gasteiger partial charge on any atom is -0.452 e. The number of anilines is 2. The first-order valence-corrected chi connectivity index (χ1v) is 9.69. The highest BCUT2D eigenvalue weighted by Gasteiger charge is 2.24. The van der Waals surface area contributed by atoms with E-state index < -0.39 is 18.5 Å². The van der Waals surface area contributed by atoms with Gasteiger partial charge in [0.25, 0.3) is 5.91 Å². The molecule has 0 radical (unpaired) electrons. The van der Waals surface area contributed by atoms with Crippen LogP contribution in [0, 0.1) is 0 Å². The van der Waals surface area contributed by atoms with Crippen molar-refractivity contribution < 1.29 is 19.1 Å². The van der Waals surface area contributed by atoms with Crippen molar-refractivity contribution in [2.75, 3.05) is 23.4 Å². The number of rotatable bonds is 6. The highest BCUT2D eigenvalue weighted by atomic mass is 35.5. The molecule has 0 aromatic heterocycles. The van der Waals surface area contributed by atoms with E-state index in [0.29, 0.717) is 39.9 Å². The molecule has 0 aliphatic carbocycles. The largest absolute Gasteiger partial charge is 0.452 e. The van der Waals surface area contributed by atoms with Crippen molar-refractivity contribution in [2.45, 2.75) is 12.8 Å². The number of halogens is 2. The van der Waals surface area contributed by atoms with E-state index in [2.05, 4.69) is 5.32 Å². The van der Waals surface area contributed by atoms with Gasteiger partial charge < -0.3 is 15.0 Å². The topological polar surface area (TPSA) is 75.7 Å². The summed E-state index contributed by atoms with van der Waals surface area (Å²) in [6.07, 6.45) is 3.93. The first-order valence-electron chi connectivity index (χ1n) is 8.93. The second kappa shape index (κ2) is 9.58. The molecule has 0 bridgehead atoms. The molecule has 3 rings (SSSR count). The molecule has 8 heteroatoms. The van der Waals surface area contributed by atoms with Gasteiger partial charge in [-0.15, -0.1) is 0 Å². The number of ether oxygens (including phenoxy) is 1. The number of hydrogen-bond donors (Lipinski definition) is 1. The summed E-state index contributed by atoms with van der Waals surface area (Å²) < 4.78 is 4.96. The fraction of sp³-hybridized carbons (Fsp3) is 0.190. The van der Waals surface area contributed by atoms with Gasteiger partial charge in [-0.3, -0.25) is 9.59 Å². The van der Waals surface area contributed by atoms with E-state index in [1.165, 1.54) is 12.2 Å². The van der Waals surface area contributed by atoms with E-state index in [1.54, 1.807) is 47.4 Å². The van der Waals surface area contributed by atoms with Crippen molar-refractivity contribution in [2.24, 2.45) is 0 Å². The number of carbonyl (C=O) groups is 3. The SMILES string of the molecule is O=C(COC(=O)/C=C/c1ccc(Cl)cc1Cl)Nc1ccccc1N1CCCC1=O. The van der Waals surface area contributed by atoms with Gasteiger partial charge >= 0.3 is 5.97 Å². The van der Waals surface area contributed by atoms with Crippen molar-refractivity contribution in [1.82, 2.24) is 0 Å². The van der Waals surface area contributed by atoms with E-state index in [0.717, 1.165) is 6.42 Å². The zero-order chi connectivity index (χ0) is 20.8. The summed E-state index contributed by atoms with van der Waals surface area (Å²) in [5.41, 5.74) is 1.72. The molecular formula is C21H18Cl2N2O4. The van der Waals surface area contributed by atoms with Crippen LogP contribution in [-0.2, 0) is 19.1 Å². The van der Waals surface area contributed by atoms with Crippen LogP contribution in [0.5, 0.6) is 0 Å². The first-order chi connectivity index (χ1) is 13.9. The van der Waals surface area contributed by atoms with Gasteiger partial charge in [0.05, 0.1) is 11.4 Å². The van der Waals surface area contributed by atoms with Gasteiger partial charge in [-0.25, -0.2) is 4.79 Å². The number of nitrogens with zero attached hydrogens (tertiary/aromatic N) is 1. The van der Waals surface area contributed by atoms with Gasteiger partial charge in [-0.1, -0.05) is 41.4 Å². The maximum atomic E-state index is 12.2. The zero-order valence-electron chi connectivity index (χ0n) is 15.4. The normalized spacial score (nSPS) is 13.7. The Labute approximate surface area is 178 Å². The van der Waals surface area contributed by atoms with E-state index in [1.807, 2.05) is 0 Å². The quantitative estimate of drug-likeness (QED) is 0.544. The maximum Gasteiger partial charge on any atom is 0.331 e. The monoisotopic (exact) mass is 432 g/mol. The van der Waals surface area contributed by atoms with Crippen LogP contribution in [0.3, 0.4) is 0 Å². The summed E-state index contributed by atoms with van der Waals surface area (Å²) in [6, 6.07) is 11.9. The number of carbonyl (C=O) groups excluding carboxylic acids is 3. The summed E-state index contributed by atoms with van der Waals surface area (Å²) in [4.78, 5) is 37.7. The molecule has 0 unspecified atom stereocenters. The molecule has 1 saturated heterocycles. The van der Waals surface area contributed by atoms with E-state index in [4.69, 9.17) is 27.9 Å². The van der Waals surface area contributed by atoms with Crippen LogP contribution >= 0.6 is 23.2 Å². The Kier molecular flexibility index (Phi) is 6.90. The summed E-state index contributed by atoms with van der Waals surface area (Å²) in [7, 11) is 0. The Morgan fingerprint density at radius 2 is 1.97 bits per heavy atom. The van der Waals surface area contributed by atoms with Gasteiger partial charge in [-0.2, -0.15) is 0 Å². The molecule has 0 spiro atoms. The minimum atomic E-state index is -0.686. The molecule has 1 heterocycles. The summed E-state index contributed by atoms with van der Waals surface area (Å²) >= 11 is 11.9. The molecule has 1 aliphatic rings. The predicted molar refractivity (Wildman–Crippen MR) is 113 cm³/mol. The molecule has 1 fully saturated rings. The second-order valence-electron chi connectivity index (χ2n) is 6.32. The number of esters is 1. The molecule has 1 N–H and O–H groups in total. The Morgan fingerprint density at radius 3 is 2.69 bits per heavy atom. The molecule has 29 heavy (non-hydrogen) atoms. The number of nitrogens with one attached hydrogen (secondary N) is 1. The standard InChI is InChI=1S/C21H18Cl2N2O4/c22-15-9-7-14(16(23)12-15)8-10-21(28)29-13-19(26)24-17-4-1-2-5-18(17)25-11-3-6-20(25)27/h1-2,4-5,7-10,12H,3,6,11,13H2,(H,24,26)/b10-8+. The molecule has 2 aromatic carbocycles. The molecule has 0 saturated carbocycles. The first kappa shape index (κ1) is 20.9. The minimum absolute atomic E-state index is 0.0177. The smallest absolute Gasteiger partial charge is 0.331 e. The van der Waals surface area contributed by atoms with Crippen LogP contribution in [-0.4, -0.2) is 30.9 Å². The Hall–Kier alpha value is -2.83. The van der Waals surface area contributed by atoms with Crippen molar-refractivity contribution in [1.29, 1.82) is 0 Å². The summed E-state index contributed by atoms with van der Waals surface area (Å²) in [5.74, 6) is -1.17. The molecule has 150 valence electrons. The van der Waals surface area contributed by atoms with Crippen LogP contribution < -0.4 is 10.2 Å². The zero-order valence-corrected chi connectivity index (χ0v) is 16.9. The van der Waals surface area contributed by atoms with E-state index in [-0.39, 0.29) is 5.91 Å². The van der Waals surface area contributed by atoms with Gasteiger partial charge in [0.15, 0.2) is 6.61 Å². The predicted octanol–water partition coefficient (Wildman–Crippen LogP) is 4.32. The maximum absolute atomic E-state index is 12.2. The Morgan fingerprint density at radius 1 is 1.17 bits per heavy atom. The van der Waals surface area contributed by atoms with E-state index >= 15 is 0 Å². The van der Waals surface area contributed by atoms with Gasteiger partial charge in [0.2, 0.25) is 5.91 Å². The molecular weight excluding hydrogens is 415 g/mol. The van der Waals surface area contributed by atoms with Crippen LogP contribution in [0.2, 0.25) is 10.0 Å². The molecule has 2 aromatic rings. The molecule has 2 amide bonds. The van der Waals surface area contributed by atoms with Gasteiger partial charge in [-0.05, 0) is 42.3 Å². The number of hydrogen-bond acceptors (Lipinski definition) is 4. The van der Waals surface area contributed by atoms with Crippen molar-refractivity contribution in [3.8, 4) is 0 Å². The fourth-order valence-corrected chi connectivity index (χ4v) is 3.35. The number of para-hydroxylation sites is 2. The third-order valence-electron chi connectivity index (χ3n) is 4.25. The van der Waals surface area contributed by atoms with Crippen LogP contribution in [0.25, 0.3) is 6.08 Å². The Bertz CT molecular complexity index is 975. The highest BCUT2D eigenvalue weighted by molar-refractivity contribution is 6.35. The number of benzene rings is 2. The lowest BCUT2D eigenvalue weighted by Gasteiger charge is -2.19. The van der Waals surface area contributed by atoms with Crippen LogP contribution in [0.1, 0.15) is 18.4 Å². The summed E-state index contributed by atoms with van der Waals surface area (Å²) in [6.45, 7) is 0.151. The third kappa shape index (κ3) is 5.59. The lowest BCUT2D eigenvalue weighted by Crippen LogP contribution is -2.26. The summed E-state index contributed by atoms with van der Waals surface area (Å²) in [5, 5.41) is 3.57. The number of amides is 2. The van der Waals surface area contributed by atoms with Crippen LogP contribution in [0.15, 0.2) is 48.5 Å². The van der Waals surface area contributed by atoms with Crippen LogP contribution in [0.4, 0.5) is 11.4 Å². The van der Waals surface area contributed by atoms with Crippen molar-refractivity contribution >= 4 is 58.4 Å². The van der Waals surface area contributed by atoms with Gasteiger partial charge in [0.1, 0.15) is 0 Å². The fourth-order valence-electron chi connectivity index (χ4n) is 2.88. The van der Waals surface area contributed by atoms with Gasteiger partial charge in [0, 0.05) is 29.1 Å². The lowest BCUT2D eigenvalue weighted by molar-refractivity contribution is -0.142. The average molecular weight is 433 g/mol. The van der Waals surface area contributed by atoms with E-state index in [9.17, 15) is 14.4 Å². The third-order valence-corrected chi connectivity index (χ3v) is 4.81.